The molecule has 1 heterocycles. The van der Waals surface area contributed by atoms with Crippen LogP contribution in [0.25, 0.3) is 0 Å². The van der Waals surface area contributed by atoms with Crippen LogP contribution in [-0.2, 0) is 16.0 Å². The molecule has 0 spiro atoms. The standard InChI is InChI=1S/C14H17FN4O2S/c1-21-7-6-16-9-12(20)17-14-19-18-13(22-14)8-10-4-2-3-5-11(10)15/h2-5,16H,6-9H2,1H3,(H,17,19,20). The van der Waals surface area contributed by atoms with E-state index in [1.54, 1.807) is 25.3 Å². The molecule has 0 aliphatic heterocycles. The predicted molar refractivity (Wildman–Crippen MR) is 82.5 cm³/mol. The number of halogens is 1. The number of aromatic nitrogens is 2. The molecule has 2 rings (SSSR count). The zero-order valence-electron chi connectivity index (χ0n) is 12.1. The van der Waals surface area contributed by atoms with Gasteiger partial charge in [0, 0.05) is 20.1 Å². The summed E-state index contributed by atoms with van der Waals surface area (Å²) in [4.78, 5) is 11.7. The first-order chi connectivity index (χ1) is 10.7. The van der Waals surface area contributed by atoms with Crippen molar-refractivity contribution >= 4 is 22.4 Å². The average Bonchev–Trinajstić information content (AvgIpc) is 2.93. The predicted octanol–water partition coefficient (Wildman–Crippen LogP) is 1.44. The van der Waals surface area contributed by atoms with Gasteiger partial charge in [0.05, 0.1) is 13.2 Å². The van der Waals surface area contributed by atoms with E-state index < -0.39 is 0 Å². The van der Waals surface area contributed by atoms with Crippen LogP contribution in [0.15, 0.2) is 24.3 Å². The lowest BCUT2D eigenvalue weighted by molar-refractivity contribution is -0.115. The normalized spacial score (nSPS) is 10.6. The summed E-state index contributed by atoms with van der Waals surface area (Å²) in [5.41, 5.74) is 0.553. The second-order valence-electron chi connectivity index (χ2n) is 4.49. The molecule has 2 N–H and O–H groups in total. The maximum Gasteiger partial charge on any atom is 0.240 e. The molecule has 118 valence electrons. The Labute approximate surface area is 131 Å². The van der Waals surface area contributed by atoms with Gasteiger partial charge in [-0.2, -0.15) is 0 Å². The van der Waals surface area contributed by atoms with Gasteiger partial charge in [-0.1, -0.05) is 29.5 Å². The highest BCUT2D eigenvalue weighted by molar-refractivity contribution is 7.15. The number of nitrogens with one attached hydrogen (secondary N) is 2. The van der Waals surface area contributed by atoms with E-state index in [1.807, 2.05) is 0 Å². The Kier molecular flexibility index (Phi) is 6.38. The highest BCUT2D eigenvalue weighted by atomic mass is 32.1. The van der Waals surface area contributed by atoms with Crippen LogP contribution in [-0.4, -0.2) is 42.9 Å². The van der Waals surface area contributed by atoms with Gasteiger partial charge in [0.1, 0.15) is 10.8 Å². The average molecular weight is 324 g/mol. The molecule has 0 saturated heterocycles. The smallest absolute Gasteiger partial charge is 0.240 e. The molecule has 0 atom stereocenters. The van der Waals surface area contributed by atoms with Crippen LogP contribution >= 0.6 is 11.3 Å². The molecule has 0 aliphatic rings. The summed E-state index contributed by atoms with van der Waals surface area (Å²) in [6, 6.07) is 6.52. The van der Waals surface area contributed by atoms with E-state index in [-0.39, 0.29) is 18.3 Å². The van der Waals surface area contributed by atoms with Crippen molar-refractivity contribution < 1.29 is 13.9 Å². The van der Waals surface area contributed by atoms with Crippen LogP contribution in [0.2, 0.25) is 0 Å². The van der Waals surface area contributed by atoms with E-state index in [9.17, 15) is 9.18 Å². The Hall–Kier alpha value is -1.90. The fourth-order valence-corrected chi connectivity index (χ4v) is 2.50. The number of hydrogen-bond donors (Lipinski definition) is 2. The number of hydrogen-bond acceptors (Lipinski definition) is 6. The Morgan fingerprint density at radius 3 is 2.95 bits per heavy atom. The number of rotatable bonds is 8. The number of methoxy groups -OCH3 is 1. The minimum Gasteiger partial charge on any atom is -0.383 e. The van der Waals surface area contributed by atoms with Crippen LogP contribution in [0.3, 0.4) is 0 Å². The van der Waals surface area contributed by atoms with E-state index in [2.05, 4.69) is 20.8 Å². The number of carbonyl (C=O) groups excluding carboxylic acids is 1. The lowest BCUT2D eigenvalue weighted by Gasteiger charge is -2.03. The zero-order valence-corrected chi connectivity index (χ0v) is 13.0. The SMILES string of the molecule is COCCNCC(=O)Nc1nnc(Cc2ccccc2F)s1. The van der Waals surface area contributed by atoms with Gasteiger partial charge >= 0.3 is 0 Å². The second kappa shape index (κ2) is 8.52. The summed E-state index contributed by atoms with van der Waals surface area (Å²) in [6.45, 7) is 1.31. The number of ether oxygens (including phenoxy) is 1. The number of benzene rings is 1. The van der Waals surface area contributed by atoms with Crippen LogP contribution < -0.4 is 10.6 Å². The third kappa shape index (κ3) is 5.14. The van der Waals surface area contributed by atoms with Gasteiger partial charge < -0.3 is 10.1 Å². The van der Waals surface area contributed by atoms with Crippen molar-refractivity contribution in [1.82, 2.24) is 15.5 Å². The number of carbonyl (C=O) groups is 1. The fourth-order valence-electron chi connectivity index (χ4n) is 1.72. The maximum absolute atomic E-state index is 13.6. The highest BCUT2D eigenvalue weighted by Gasteiger charge is 2.10. The zero-order chi connectivity index (χ0) is 15.8. The summed E-state index contributed by atoms with van der Waals surface area (Å²) in [5, 5.41) is 14.5. The van der Waals surface area contributed by atoms with Crippen molar-refractivity contribution in [2.75, 3.05) is 32.1 Å². The molecular weight excluding hydrogens is 307 g/mol. The number of anilines is 1. The third-order valence-corrected chi connectivity index (χ3v) is 3.62. The van der Waals surface area contributed by atoms with Gasteiger partial charge in [-0.3, -0.25) is 10.1 Å². The van der Waals surface area contributed by atoms with Gasteiger partial charge in [-0.05, 0) is 11.6 Å². The molecule has 6 nitrogen and oxygen atoms in total. The fraction of sp³-hybridized carbons (Fsp3) is 0.357. The molecular formula is C14H17FN4O2S. The molecule has 0 saturated carbocycles. The van der Waals surface area contributed by atoms with Crippen LogP contribution in [0.5, 0.6) is 0 Å². The topological polar surface area (TPSA) is 76.1 Å². The number of nitrogens with zero attached hydrogens (tertiary/aromatic N) is 2. The van der Waals surface area contributed by atoms with Gasteiger partial charge in [0.15, 0.2) is 0 Å². The summed E-state index contributed by atoms with van der Waals surface area (Å²) in [5.74, 6) is -0.477. The molecule has 1 aromatic heterocycles. The molecule has 22 heavy (non-hydrogen) atoms. The molecule has 0 unspecified atom stereocenters. The van der Waals surface area contributed by atoms with Gasteiger partial charge in [0.25, 0.3) is 0 Å². The van der Waals surface area contributed by atoms with Gasteiger partial charge in [-0.25, -0.2) is 4.39 Å². The number of amides is 1. The van der Waals surface area contributed by atoms with Crippen LogP contribution in [0.4, 0.5) is 9.52 Å². The van der Waals surface area contributed by atoms with Gasteiger partial charge in [0.2, 0.25) is 11.0 Å². The highest BCUT2D eigenvalue weighted by Crippen LogP contribution is 2.19. The molecule has 0 fully saturated rings. The first kappa shape index (κ1) is 16.5. The van der Waals surface area contributed by atoms with E-state index in [0.29, 0.717) is 35.3 Å². The van der Waals surface area contributed by atoms with Crippen LogP contribution in [0, 0.1) is 5.82 Å². The van der Waals surface area contributed by atoms with E-state index in [1.165, 1.54) is 17.4 Å². The molecule has 0 bridgehead atoms. The summed E-state index contributed by atoms with van der Waals surface area (Å²) < 4.78 is 18.4. The second-order valence-corrected chi connectivity index (χ2v) is 5.55. The Bertz CT molecular complexity index is 620. The van der Waals surface area contributed by atoms with E-state index in [0.717, 1.165) is 0 Å². The summed E-state index contributed by atoms with van der Waals surface area (Å²) >= 11 is 1.24. The Morgan fingerprint density at radius 2 is 2.18 bits per heavy atom. The van der Waals surface area contributed by atoms with E-state index >= 15 is 0 Å². The largest absolute Gasteiger partial charge is 0.383 e. The third-order valence-electron chi connectivity index (χ3n) is 2.78. The maximum atomic E-state index is 13.6. The van der Waals surface area contributed by atoms with Crippen molar-refractivity contribution in [2.24, 2.45) is 0 Å². The Morgan fingerprint density at radius 1 is 1.36 bits per heavy atom. The first-order valence-corrected chi connectivity index (χ1v) is 7.56. The Balaban J connectivity index is 1.84. The first-order valence-electron chi connectivity index (χ1n) is 6.74. The monoisotopic (exact) mass is 324 g/mol. The van der Waals surface area contributed by atoms with Crippen molar-refractivity contribution in [3.63, 3.8) is 0 Å². The quantitative estimate of drug-likeness (QED) is 0.719. The van der Waals surface area contributed by atoms with Crippen molar-refractivity contribution in [3.05, 3.63) is 40.7 Å². The minimum absolute atomic E-state index is 0.172. The lowest BCUT2D eigenvalue weighted by atomic mass is 10.1. The van der Waals surface area contributed by atoms with Crippen molar-refractivity contribution in [3.8, 4) is 0 Å². The van der Waals surface area contributed by atoms with Crippen molar-refractivity contribution in [2.45, 2.75) is 6.42 Å². The molecule has 2 aromatic rings. The molecule has 1 amide bonds. The van der Waals surface area contributed by atoms with E-state index in [4.69, 9.17) is 4.74 Å². The molecule has 0 aliphatic carbocycles. The van der Waals surface area contributed by atoms with Gasteiger partial charge in [-0.15, -0.1) is 10.2 Å². The lowest BCUT2D eigenvalue weighted by Crippen LogP contribution is -2.30. The molecule has 8 heteroatoms. The summed E-state index contributed by atoms with van der Waals surface area (Å²) in [7, 11) is 1.60. The minimum atomic E-state index is -0.273. The summed E-state index contributed by atoms with van der Waals surface area (Å²) in [6.07, 6.45) is 0.353. The molecule has 1 aromatic carbocycles. The van der Waals surface area contributed by atoms with Crippen molar-refractivity contribution in [1.29, 1.82) is 0 Å². The van der Waals surface area contributed by atoms with Crippen LogP contribution in [0.1, 0.15) is 10.6 Å². The molecule has 0 radical (unpaired) electrons.